The molecule has 0 aliphatic carbocycles. The molecule has 1 atom stereocenters. The Morgan fingerprint density at radius 3 is 2.35 bits per heavy atom. The molecular formula is C17H17F3N2O. The first kappa shape index (κ1) is 15.8. The predicted octanol–water partition coefficient (Wildman–Crippen LogP) is 3.96. The Labute approximate surface area is 132 Å². The van der Waals surface area contributed by atoms with E-state index in [0.29, 0.717) is 0 Å². The first-order valence-electron chi connectivity index (χ1n) is 7.33. The highest BCUT2D eigenvalue weighted by molar-refractivity contribution is 5.83. The molecule has 1 aliphatic rings. The van der Waals surface area contributed by atoms with Crippen molar-refractivity contribution >= 4 is 16.7 Å². The fraction of sp³-hybridized carbons (Fsp3) is 0.353. The first-order chi connectivity index (χ1) is 10.7. The molecule has 6 heteroatoms. The molecule has 122 valence electrons. The van der Waals surface area contributed by atoms with E-state index >= 15 is 0 Å². The Morgan fingerprint density at radius 1 is 1.13 bits per heavy atom. The van der Waals surface area contributed by atoms with Gasteiger partial charge in [0.25, 0.3) is 0 Å². The molecule has 0 radical (unpaired) electrons. The summed E-state index contributed by atoms with van der Waals surface area (Å²) in [5, 5.41) is 2.64. The SMILES string of the molecule is CC1(C)CC(=O)NN1C(c1ccc2ccccc2c1)C(F)(F)F. The maximum absolute atomic E-state index is 13.7. The Balaban J connectivity index is 2.10. The van der Waals surface area contributed by atoms with Crippen molar-refractivity contribution in [3.63, 3.8) is 0 Å². The van der Waals surface area contributed by atoms with Crippen LogP contribution in [0.15, 0.2) is 42.5 Å². The lowest BCUT2D eigenvalue weighted by atomic mass is 9.95. The lowest BCUT2D eigenvalue weighted by molar-refractivity contribution is -0.203. The van der Waals surface area contributed by atoms with Gasteiger partial charge in [-0.3, -0.25) is 10.2 Å². The molecule has 0 bridgehead atoms. The third-order valence-electron chi connectivity index (χ3n) is 4.15. The molecule has 23 heavy (non-hydrogen) atoms. The number of hydrogen-bond acceptors (Lipinski definition) is 2. The summed E-state index contributed by atoms with van der Waals surface area (Å²) in [7, 11) is 0. The lowest BCUT2D eigenvalue weighted by Gasteiger charge is -2.38. The monoisotopic (exact) mass is 322 g/mol. The molecule has 3 nitrogen and oxygen atoms in total. The molecule has 1 unspecified atom stereocenters. The van der Waals surface area contributed by atoms with E-state index in [9.17, 15) is 18.0 Å². The van der Waals surface area contributed by atoms with Gasteiger partial charge in [0.1, 0.15) is 0 Å². The molecular weight excluding hydrogens is 305 g/mol. The Hall–Kier alpha value is -2.08. The van der Waals surface area contributed by atoms with Gasteiger partial charge in [-0.1, -0.05) is 36.4 Å². The average Bonchev–Trinajstić information content (AvgIpc) is 2.70. The van der Waals surface area contributed by atoms with Crippen LogP contribution in [-0.4, -0.2) is 22.6 Å². The molecule has 1 amide bonds. The summed E-state index contributed by atoms with van der Waals surface area (Å²) in [5.74, 6) is -0.398. The second kappa shape index (κ2) is 5.23. The van der Waals surface area contributed by atoms with E-state index < -0.39 is 23.7 Å². The minimum Gasteiger partial charge on any atom is -0.287 e. The van der Waals surface area contributed by atoms with Crippen molar-refractivity contribution in [1.29, 1.82) is 0 Å². The van der Waals surface area contributed by atoms with Crippen LogP contribution in [0.1, 0.15) is 31.9 Å². The molecule has 1 fully saturated rings. The Bertz CT molecular complexity index is 755. The minimum absolute atomic E-state index is 0.0349. The van der Waals surface area contributed by atoms with Crippen LogP contribution in [0.3, 0.4) is 0 Å². The third kappa shape index (κ3) is 2.91. The summed E-state index contributed by atoms with van der Waals surface area (Å²) in [6.45, 7) is 3.26. The van der Waals surface area contributed by atoms with E-state index in [1.807, 2.05) is 12.1 Å². The average molecular weight is 322 g/mol. The van der Waals surface area contributed by atoms with Crippen LogP contribution in [0, 0.1) is 0 Å². The quantitative estimate of drug-likeness (QED) is 0.908. The molecule has 0 saturated carbocycles. The van der Waals surface area contributed by atoms with Crippen molar-refractivity contribution in [3.8, 4) is 0 Å². The number of nitrogens with zero attached hydrogens (tertiary/aromatic N) is 1. The molecule has 1 aliphatic heterocycles. The van der Waals surface area contributed by atoms with E-state index in [1.54, 1.807) is 32.0 Å². The predicted molar refractivity (Wildman–Crippen MR) is 81.4 cm³/mol. The molecule has 0 aromatic heterocycles. The highest BCUT2D eigenvalue weighted by atomic mass is 19.4. The highest BCUT2D eigenvalue weighted by Gasteiger charge is 2.52. The van der Waals surface area contributed by atoms with Gasteiger partial charge in [-0.25, -0.2) is 0 Å². The number of rotatable bonds is 2. The molecule has 1 saturated heterocycles. The number of amides is 1. The zero-order chi connectivity index (χ0) is 16.8. The second-order valence-corrected chi connectivity index (χ2v) is 6.44. The van der Waals surface area contributed by atoms with Crippen molar-refractivity contribution in [2.24, 2.45) is 0 Å². The van der Waals surface area contributed by atoms with Gasteiger partial charge in [-0.05, 0) is 36.2 Å². The Kier molecular flexibility index (Phi) is 3.59. The molecule has 0 spiro atoms. The molecule has 1 heterocycles. The van der Waals surface area contributed by atoms with Gasteiger partial charge in [0.2, 0.25) is 5.91 Å². The van der Waals surface area contributed by atoms with Crippen LogP contribution in [0.4, 0.5) is 13.2 Å². The molecule has 1 N–H and O–H groups in total. The number of halogens is 3. The van der Waals surface area contributed by atoms with Crippen molar-refractivity contribution in [3.05, 3.63) is 48.0 Å². The van der Waals surface area contributed by atoms with E-state index in [-0.39, 0.29) is 12.0 Å². The first-order valence-corrected chi connectivity index (χ1v) is 7.33. The number of alkyl halides is 3. The topological polar surface area (TPSA) is 32.3 Å². The van der Waals surface area contributed by atoms with E-state index in [0.717, 1.165) is 15.8 Å². The summed E-state index contributed by atoms with van der Waals surface area (Å²) >= 11 is 0. The number of nitrogens with one attached hydrogen (secondary N) is 1. The number of fused-ring (bicyclic) bond motifs is 1. The van der Waals surface area contributed by atoms with Crippen LogP contribution in [0.5, 0.6) is 0 Å². The molecule has 2 aromatic rings. The summed E-state index contributed by atoms with van der Waals surface area (Å²) < 4.78 is 41.2. The van der Waals surface area contributed by atoms with Gasteiger partial charge < -0.3 is 0 Å². The van der Waals surface area contributed by atoms with Gasteiger partial charge in [0.15, 0.2) is 6.04 Å². The number of carbonyl (C=O) groups is 1. The van der Waals surface area contributed by atoms with Gasteiger partial charge in [0.05, 0.1) is 0 Å². The van der Waals surface area contributed by atoms with Crippen molar-refractivity contribution < 1.29 is 18.0 Å². The number of benzene rings is 2. The fourth-order valence-electron chi connectivity index (χ4n) is 3.08. The van der Waals surface area contributed by atoms with Crippen LogP contribution in [-0.2, 0) is 4.79 Å². The number of carbonyl (C=O) groups excluding carboxylic acids is 1. The summed E-state index contributed by atoms with van der Waals surface area (Å²) in [4.78, 5) is 11.6. The van der Waals surface area contributed by atoms with E-state index in [2.05, 4.69) is 5.43 Å². The van der Waals surface area contributed by atoms with Gasteiger partial charge >= 0.3 is 6.18 Å². The van der Waals surface area contributed by atoms with Crippen molar-refractivity contribution in [2.75, 3.05) is 0 Å². The van der Waals surface area contributed by atoms with Crippen LogP contribution in [0.2, 0.25) is 0 Å². The smallest absolute Gasteiger partial charge is 0.287 e. The molecule has 3 rings (SSSR count). The lowest BCUT2D eigenvalue weighted by Crippen LogP contribution is -2.51. The largest absolute Gasteiger partial charge is 0.409 e. The normalized spacial score (nSPS) is 19.8. The number of hydrazine groups is 1. The summed E-state index contributed by atoms with van der Waals surface area (Å²) in [5.41, 5.74) is 1.58. The minimum atomic E-state index is -4.50. The second-order valence-electron chi connectivity index (χ2n) is 6.44. The maximum atomic E-state index is 13.7. The highest BCUT2D eigenvalue weighted by Crippen LogP contribution is 2.43. The van der Waals surface area contributed by atoms with Crippen LogP contribution in [0.25, 0.3) is 10.8 Å². The van der Waals surface area contributed by atoms with Crippen LogP contribution >= 0.6 is 0 Å². The van der Waals surface area contributed by atoms with Crippen molar-refractivity contribution in [2.45, 2.75) is 38.0 Å². The maximum Gasteiger partial charge on any atom is 0.409 e. The van der Waals surface area contributed by atoms with Crippen LogP contribution < -0.4 is 5.43 Å². The van der Waals surface area contributed by atoms with Crippen molar-refractivity contribution in [1.82, 2.24) is 10.4 Å². The van der Waals surface area contributed by atoms with Gasteiger partial charge in [-0.15, -0.1) is 0 Å². The zero-order valence-electron chi connectivity index (χ0n) is 12.8. The zero-order valence-corrected chi connectivity index (χ0v) is 12.8. The number of hydrogen-bond donors (Lipinski definition) is 1. The molecule has 2 aromatic carbocycles. The third-order valence-corrected chi connectivity index (χ3v) is 4.15. The van der Waals surface area contributed by atoms with Gasteiger partial charge in [0, 0.05) is 12.0 Å². The van der Waals surface area contributed by atoms with E-state index in [4.69, 9.17) is 0 Å². The standard InChI is InChI=1S/C17H17F3N2O/c1-16(2)10-14(23)21-22(16)15(17(18,19)20)13-8-7-11-5-3-4-6-12(11)9-13/h3-9,15H,10H2,1-2H3,(H,21,23). The fourth-order valence-corrected chi connectivity index (χ4v) is 3.08. The summed E-state index contributed by atoms with van der Waals surface area (Å²) in [6.07, 6.45) is -4.47. The van der Waals surface area contributed by atoms with Gasteiger partial charge in [-0.2, -0.15) is 18.2 Å². The Morgan fingerprint density at radius 2 is 1.78 bits per heavy atom. The van der Waals surface area contributed by atoms with E-state index in [1.165, 1.54) is 12.1 Å². The summed E-state index contributed by atoms with van der Waals surface area (Å²) in [6, 6.07) is 10.1.